The number of nitrogens with one attached hydrogen (secondary N) is 2. The first-order valence-corrected chi connectivity index (χ1v) is 12.5. The summed E-state index contributed by atoms with van der Waals surface area (Å²) in [6.45, 7) is 6.81. The van der Waals surface area contributed by atoms with Crippen molar-refractivity contribution in [3.05, 3.63) is 47.7 Å². The van der Waals surface area contributed by atoms with Gasteiger partial charge in [0.25, 0.3) is 5.91 Å². The Bertz CT molecular complexity index is 983. The molecule has 170 valence electrons. The Kier molecular flexibility index (Phi) is 4.51. The van der Waals surface area contributed by atoms with Crippen molar-refractivity contribution in [2.75, 3.05) is 5.32 Å². The predicted octanol–water partition coefficient (Wildman–Crippen LogP) is 5.73. The molecule has 1 aromatic carbocycles. The minimum Gasteiger partial charge on any atom is -0.363 e. The highest BCUT2D eigenvalue weighted by molar-refractivity contribution is 5.99. The normalized spacial score (nSPS) is 35.3. The molecule has 1 amide bonds. The van der Waals surface area contributed by atoms with Gasteiger partial charge in [0.2, 0.25) is 0 Å². The number of anilines is 1. The van der Waals surface area contributed by atoms with E-state index >= 15 is 0 Å². The van der Waals surface area contributed by atoms with E-state index in [0.717, 1.165) is 30.0 Å². The molecule has 0 radical (unpaired) electrons. The summed E-state index contributed by atoms with van der Waals surface area (Å²) in [7, 11) is 0. The van der Waals surface area contributed by atoms with E-state index in [1.54, 1.807) is 6.20 Å². The topological polar surface area (TPSA) is 59.0 Å². The van der Waals surface area contributed by atoms with Gasteiger partial charge in [-0.25, -0.2) is 4.68 Å². The SMILES string of the molecule is CC(C)(C)C1CC(c2ccccc2)Nc2c(C(=O)NC34CC5CC(CC(C5)C3)C4)cnn21. The smallest absolute Gasteiger partial charge is 0.257 e. The number of aromatic nitrogens is 2. The number of hydrogen-bond acceptors (Lipinski definition) is 3. The molecule has 1 aromatic heterocycles. The van der Waals surface area contributed by atoms with Gasteiger partial charge in [0.05, 0.1) is 18.3 Å². The number of carbonyl (C=O) groups excluding carboxylic acids is 1. The van der Waals surface area contributed by atoms with Crippen molar-refractivity contribution in [3.63, 3.8) is 0 Å². The number of amides is 1. The van der Waals surface area contributed by atoms with E-state index in [2.05, 4.69) is 66.4 Å². The minimum absolute atomic E-state index is 0.0115. The molecule has 5 nitrogen and oxygen atoms in total. The molecule has 2 unspecified atom stereocenters. The van der Waals surface area contributed by atoms with Crippen molar-refractivity contribution in [1.82, 2.24) is 15.1 Å². The van der Waals surface area contributed by atoms with Gasteiger partial charge in [0.1, 0.15) is 11.4 Å². The van der Waals surface area contributed by atoms with Crippen molar-refractivity contribution in [3.8, 4) is 0 Å². The van der Waals surface area contributed by atoms with Gasteiger partial charge in [-0.15, -0.1) is 0 Å². The second-order valence-electron chi connectivity index (χ2n) is 12.2. The first-order valence-electron chi connectivity index (χ1n) is 12.5. The summed E-state index contributed by atoms with van der Waals surface area (Å²) in [4.78, 5) is 13.7. The minimum atomic E-state index is 0.0115. The zero-order chi connectivity index (χ0) is 22.1. The molecule has 5 heteroatoms. The van der Waals surface area contributed by atoms with Crippen LogP contribution in [0, 0.1) is 23.2 Å². The molecule has 2 heterocycles. The summed E-state index contributed by atoms with van der Waals surface area (Å²) in [5.41, 5.74) is 2.03. The van der Waals surface area contributed by atoms with Crippen LogP contribution in [0.4, 0.5) is 5.82 Å². The monoisotopic (exact) mass is 432 g/mol. The molecule has 4 bridgehead atoms. The van der Waals surface area contributed by atoms with Crippen LogP contribution in [0.2, 0.25) is 0 Å². The van der Waals surface area contributed by atoms with E-state index in [4.69, 9.17) is 5.10 Å². The molecule has 1 aliphatic heterocycles. The van der Waals surface area contributed by atoms with Crippen LogP contribution in [0.15, 0.2) is 36.5 Å². The van der Waals surface area contributed by atoms with Crippen molar-refractivity contribution < 1.29 is 4.79 Å². The average Bonchev–Trinajstić information content (AvgIpc) is 3.15. The highest BCUT2D eigenvalue weighted by atomic mass is 16.1. The standard InChI is InChI=1S/C27H36N4O/c1-26(2,3)23-12-22(20-7-5-4-6-8-20)29-24-21(16-28-31(23)24)25(32)30-27-13-17-9-18(14-27)11-19(10-17)15-27/h4-8,16-19,22-23,29H,9-15H2,1-3H3,(H,30,32). The molecule has 0 spiro atoms. The molecule has 32 heavy (non-hydrogen) atoms. The fourth-order valence-electron chi connectivity index (χ4n) is 7.65. The molecular weight excluding hydrogens is 396 g/mol. The summed E-state index contributed by atoms with van der Waals surface area (Å²) in [5.74, 6) is 3.38. The van der Waals surface area contributed by atoms with Gasteiger partial charge in [-0.2, -0.15) is 5.10 Å². The van der Waals surface area contributed by atoms with Crippen LogP contribution in [0.3, 0.4) is 0 Å². The lowest BCUT2D eigenvalue weighted by molar-refractivity contribution is -0.0166. The van der Waals surface area contributed by atoms with Gasteiger partial charge in [-0.1, -0.05) is 51.1 Å². The van der Waals surface area contributed by atoms with Crippen LogP contribution in [-0.4, -0.2) is 21.2 Å². The van der Waals surface area contributed by atoms with E-state index in [1.165, 1.54) is 44.1 Å². The summed E-state index contributed by atoms with van der Waals surface area (Å²) >= 11 is 0. The molecule has 5 aliphatic rings. The van der Waals surface area contributed by atoms with Gasteiger partial charge in [-0.05, 0) is 73.7 Å². The van der Waals surface area contributed by atoms with Crippen molar-refractivity contribution in [2.45, 2.75) is 83.3 Å². The first kappa shape index (κ1) is 20.3. The first-order chi connectivity index (χ1) is 15.3. The Hall–Kier alpha value is -2.30. The van der Waals surface area contributed by atoms with Crippen LogP contribution in [0.25, 0.3) is 0 Å². The average molecular weight is 433 g/mol. The zero-order valence-electron chi connectivity index (χ0n) is 19.6. The van der Waals surface area contributed by atoms with Crippen LogP contribution in [0.1, 0.15) is 93.7 Å². The molecule has 2 aromatic rings. The van der Waals surface area contributed by atoms with E-state index in [1.807, 2.05) is 0 Å². The van der Waals surface area contributed by atoms with Gasteiger partial charge in [0, 0.05) is 5.54 Å². The van der Waals surface area contributed by atoms with Crippen molar-refractivity contribution in [2.24, 2.45) is 23.2 Å². The van der Waals surface area contributed by atoms with Gasteiger partial charge < -0.3 is 10.6 Å². The third-order valence-corrected chi connectivity index (χ3v) is 8.72. The summed E-state index contributed by atoms with van der Waals surface area (Å²) in [5, 5.41) is 12.0. The highest BCUT2D eigenvalue weighted by Crippen LogP contribution is 2.55. The van der Waals surface area contributed by atoms with Crippen molar-refractivity contribution >= 4 is 11.7 Å². The van der Waals surface area contributed by atoms with Crippen LogP contribution in [0.5, 0.6) is 0 Å². The van der Waals surface area contributed by atoms with E-state index in [-0.39, 0.29) is 28.9 Å². The Morgan fingerprint density at radius 2 is 1.66 bits per heavy atom. The van der Waals surface area contributed by atoms with Gasteiger partial charge >= 0.3 is 0 Å². The lowest BCUT2D eigenvalue weighted by Gasteiger charge is -2.56. The van der Waals surface area contributed by atoms with E-state index in [0.29, 0.717) is 5.56 Å². The van der Waals surface area contributed by atoms with Crippen LogP contribution < -0.4 is 10.6 Å². The molecular formula is C27H36N4O. The number of hydrogen-bond donors (Lipinski definition) is 2. The molecule has 0 saturated heterocycles. The quantitative estimate of drug-likeness (QED) is 0.651. The Morgan fingerprint density at radius 1 is 1.03 bits per heavy atom. The third-order valence-electron chi connectivity index (χ3n) is 8.72. The molecule has 2 N–H and O–H groups in total. The Balaban J connectivity index is 1.31. The molecule has 7 rings (SSSR count). The van der Waals surface area contributed by atoms with Gasteiger partial charge in [-0.3, -0.25) is 4.79 Å². The van der Waals surface area contributed by atoms with E-state index < -0.39 is 0 Å². The predicted molar refractivity (Wildman–Crippen MR) is 127 cm³/mol. The number of fused-ring (bicyclic) bond motifs is 1. The number of benzene rings is 1. The second kappa shape index (κ2) is 7.10. The molecule has 4 saturated carbocycles. The number of rotatable bonds is 3. The van der Waals surface area contributed by atoms with Crippen molar-refractivity contribution in [1.29, 1.82) is 0 Å². The molecule has 4 fully saturated rings. The highest BCUT2D eigenvalue weighted by Gasteiger charge is 2.52. The summed E-state index contributed by atoms with van der Waals surface area (Å²) in [6.07, 6.45) is 10.4. The summed E-state index contributed by atoms with van der Waals surface area (Å²) < 4.78 is 2.08. The van der Waals surface area contributed by atoms with E-state index in [9.17, 15) is 4.79 Å². The fraction of sp³-hybridized carbons (Fsp3) is 0.630. The maximum Gasteiger partial charge on any atom is 0.257 e. The third kappa shape index (κ3) is 3.36. The van der Waals surface area contributed by atoms with Gasteiger partial charge in [0.15, 0.2) is 0 Å². The lowest BCUT2D eigenvalue weighted by atomic mass is 9.53. The Morgan fingerprint density at radius 3 is 2.25 bits per heavy atom. The Labute approximate surface area is 191 Å². The maximum atomic E-state index is 13.7. The maximum absolute atomic E-state index is 13.7. The largest absolute Gasteiger partial charge is 0.363 e. The number of carbonyl (C=O) groups is 1. The summed E-state index contributed by atoms with van der Waals surface area (Å²) in [6, 6.07) is 11.0. The lowest BCUT2D eigenvalue weighted by Crippen LogP contribution is -2.59. The molecule has 4 aliphatic carbocycles. The molecule has 2 atom stereocenters. The van der Waals surface area contributed by atoms with Crippen LogP contribution >= 0.6 is 0 Å². The van der Waals surface area contributed by atoms with Crippen LogP contribution in [-0.2, 0) is 0 Å². The fourth-order valence-corrected chi connectivity index (χ4v) is 7.65. The second-order valence-corrected chi connectivity index (χ2v) is 12.2. The number of nitrogens with zero attached hydrogens (tertiary/aromatic N) is 2. The zero-order valence-corrected chi connectivity index (χ0v) is 19.6.